The lowest BCUT2D eigenvalue weighted by Gasteiger charge is -1.91. The van der Waals surface area contributed by atoms with Gasteiger partial charge in [0.05, 0.1) is 0 Å². The van der Waals surface area contributed by atoms with Gasteiger partial charge >= 0.3 is 0 Å². The topological polar surface area (TPSA) is 17.1 Å². The Morgan fingerprint density at radius 1 is 1.00 bits per heavy atom. The zero-order chi connectivity index (χ0) is 10.6. The summed E-state index contributed by atoms with van der Waals surface area (Å²) in [5, 5.41) is 0. The van der Waals surface area contributed by atoms with Gasteiger partial charge in [-0.05, 0) is 38.7 Å². The van der Waals surface area contributed by atoms with Crippen LogP contribution in [-0.4, -0.2) is 5.78 Å². The van der Waals surface area contributed by atoms with Crippen molar-refractivity contribution in [2.45, 2.75) is 52.4 Å². The predicted octanol–water partition coefficient (Wildman–Crippen LogP) is 4.05. The van der Waals surface area contributed by atoms with Gasteiger partial charge in [0.1, 0.15) is 0 Å². The molecule has 0 aromatic rings. The fourth-order valence-corrected chi connectivity index (χ4v) is 1.19. The first-order valence-corrected chi connectivity index (χ1v) is 5.59. The van der Waals surface area contributed by atoms with Gasteiger partial charge in [0.15, 0.2) is 5.78 Å². The molecule has 0 bridgehead atoms. The summed E-state index contributed by atoms with van der Waals surface area (Å²) in [5.41, 5.74) is 0. The second kappa shape index (κ2) is 10.2. The lowest BCUT2D eigenvalue weighted by molar-refractivity contribution is -0.112. The number of hydrogen-bond acceptors (Lipinski definition) is 1. The van der Waals surface area contributed by atoms with Gasteiger partial charge in [0, 0.05) is 0 Å². The Labute approximate surface area is 87.9 Å². The largest absolute Gasteiger partial charge is 0.295 e. The van der Waals surface area contributed by atoms with Crippen molar-refractivity contribution in [1.82, 2.24) is 0 Å². The summed E-state index contributed by atoms with van der Waals surface area (Å²) in [6.45, 7) is 3.80. The van der Waals surface area contributed by atoms with Crippen LogP contribution in [0.2, 0.25) is 0 Å². The molecule has 0 aromatic heterocycles. The molecule has 0 fully saturated rings. The fraction of sp³-hybridized carbons (Fsp3) is 0.615. The molecule has 0 N–H and O–H groups in total. The van der Waals surface area contributed by atoms with Gasteiger partial charge in [0.25, 0.3) is 0 Å². The van der Waals surface area contributed by atoms with E-state index in [-0.39, 0.29) is 5.78 Å². The molecule has 0 saturated carbocycles. The van der Waals surface area contributed by atoms with E-state index in [9.17, 15) is 4.79 Å². The minimum atomic E-state index is 0.136. The lowest BCUT2D eigenvalue weighted by Crippen LogP contribution is -1.79. The first-order chi connectivity index (χ1) is 6.77. The molecule has 0 aliphatic rings. The summed E-state index contributed by atoms with van der Waals surface area (Å²) < 4.78 is 0. The third-order valence-corrected chi connectivity index (χ3v) is 1.99. The van der Waals surface area contributed by atoms with Crippen molar-refractivity contribution >= 4 is 5.78 Å². The number of allylic oxidation sites excluding steroid dienone is 4. The monoisotopic (exact) mass is 194 g/mol. The Morgan fingerprint density at radius 3 is 2.29 bits per heavy atom. The van der Waals surface area contributed by atoms with E-state index < -0.39 is 0 Å². The zero-order valence-corrected chi connectivity index (χ0v) is 9.46. The van der Waals surface area contributed by atoms with Crippen molar-refractivity contribution in [1.29, 1.82) is 0 Å². The minimum Gasteiger partial charge on any atom is -0.295 e. The van der Waals surface area contributed by atoms with E-state index in [4.69, 9.17) is 0 Å². The maximum absolute atomic E-state index is 10.5. The van der Waals surface area contributed by atoms with Crippen LogP contribution in [0.25, 0.3) is 0 Å². The highest BCUT2D eigenvalue weighted by Crippen LogP contribution is 2.01. The summed E-state index contributed by atoms with van der Waals surface area (Å²) in [5.74, 6) is 0.136. The Bertz CT molecular complexity index is 189. The quantitative estimate of drug-likeness (QED) is 0.323. The third kappa shape index (κ3) is 11.2. The molecule has 0 saturated heterocycles. The van der Waals surface area contributed by atoms with Crippen LogP contribution in [0.4, 0.5) is 0 Å². The average molecular weight is 194 g/mol. The van der Waals surface area contributed by atoms with Gasteiger partial charge in [-0.2, -0.15) is 0 Å². The summed E-state index contributed by atoms with van der Waals surface area (Å²) in [4.78, 5) is 10.5. The summed E-state index contributed by atoms with van der Waals surface area (Å²) in [6, 6.07) is 0. The molecule has 1 nitrogen and oxygen atoms in total. The molecular formula is C13H22O. The molecule has 0 aliphatic heterocycles. The number of unbranched alkanes of at least 4 members (excludes halogenated alkanes) is 4. The second-order valence-corrected chi connectivity index (χ2v) is 3.56. The van der Waals surface area contributed by atoms with Crippen LogP contribution >= 0.6 is 0 Å². The number of ketones is 1. The lowest BCUT2D eigenvalue weighted by atomic mass is 10.2. The summed E-state index contributed by atoms with van der Waals surface area (Å²) in [7, 11) is 0. The third-order valence-electron chi connectivity index (χ3n) is 1.99. The molecule has 80 valence electrons. The van der Waals surface area contributed by atoms with Crippen molar-refractivity contribution in [2.24, 2.45) is 0 Å². The molecule has 0 rings (SSSR count). The van der Waals surface area contributed by atoms with Gasteiger partial charge in [-0.1, -0.05) is 38.0 Å². The van der Waals surface area contributed by atoms with Crippen molar-refractivity contribution in [3.63, 3.8) is 0 Å². The van der Waals surface area contributed by atoms with Crippen molar-refractivity contribution in [3.8, 4) is 0 Å². The average Bonchev–Trinajstić information content (AvgIpc) is 2.15. The van der Waals surface area contributed by atoms with Crippen LogP contribution in [0.15, 0.2) is 24.3 Å². The molecular weight excluding hydrogens is 172 g/mol. The fourth-order valence-electron chi connectivity index (χ4n) is 1.19. The number of hydrogen-bond donors (Lipinski definition) is 0. The molecule has 0 heterocycles. The molecule has 1 heteroatoms. The summed E-state index contributed by atoms with van der Waals surface area (Å²) in [6.07, 6.45) is 15.2. The normalized spacial score (nSPS) is 11.6. The van der Waals surface area contributed by atoms with Crippen molar-refractivity contribution in [3.05, 3.63) is 24.3 Å². The molecule has 0 amide bonds. The molecule has 0 aromatic carbocycles. The Hall–Kier alpha value is -0.850. The highest BCUT2D eigenvalue weighted by atomic mass is 16.1. The first-order valence-electron chi connectivity index (χ1n) is 5.59. The van der Waals surface area contributed by atoms with Crippen LogP contribution in [0.3, 0.4) is 0 Å². The number of rotatable bonds is 8. The zero-order valence-electron chi connectivity index (χ0n) is 9.46. The van der Waals surface area contributed by atoms with Crippen molar-refractivity contribution in [2.75, 3.05) is 0 Å². The number of carbonyl (C=O) groups is 1. The first kappa shape index (κ1) is 13.2. The van der Waals surface area contributed by atoms with Crippen LogP contribution < -0.4 is 0 Å². The van der Waals surface area contributed by atoms with Crippen molar-refractivity contribution < 1.29 is 4.79 Å². The maximum Gasteiger partial charge on any atom is 0.152 e. The van der Waals surface area contributed by atoms with E-state index in [1.807, 2.05) is 6.08 Å². The van der Waals surface area contributed by atoms with Gasteiger partial charge in [-0.3, -0.25) is 4.79 Å². The van der Waals surface area contributed by atoms with E-state index in [0.717, 1.165) is 12.8 Å². The minimum absolute atomic E-state index is 0.136. The molecule has 0 atom stereocenters. The Balaban J connectivity index is 3.22. The van der Waals surface area contributed by atoms with Crippen LogP contribution in [-0.2, 0) is 4.79 Å². The van der Waals surface area contributed by atoms with Crippen LogP contribution in [0, 0.1) is 0 Å². The van der Waals surface area contributed by atoms with E-state index in [1.54, 1.807) is 13.0 Å². The predicted molar refractivity (Wildman–Crippen MR) is 62.3 cm³/mol. The molecule has 0 spiro atoms. The summed E-state index contributed by atoms with van der Waals surface area (Å²) >= 11 is 0. The Kier molecular flexibility index (Phi) is 9.61. The Morgan fingerprint density at radius 2 is 1.64 bits per heavy atom. The number of carbonyl (C=O) groups excluding carboxylic acids is 1. The SMILES string of the molecule is CCCCCC=CCCC=CC(C)=O. The molecule has 14 heavy (non-hydrogen) atoms. The van der Waals surface area contributed by atoms with Gasteiger partial charge in [-0.25, -0.2) is 0 Å². The molecule has 0 radical (unpaired) electrons. The van der Waals surface area contributed by atoms with Gasteiger partial charge in [-0.15, -0.1) is 0 Å². The van der Waals surface area contributed by atoms with Gasteiger partial charge < -0.3 is 0 Å². The van der Waals surface area contributed by atoms with Crippen LogP contribution in [0.1, 0.15) is 52.4 Å². The van der Waals surface area contributed by atoms with E-state index >= 15 is 0 Å². The highest BCUT2D eigenvalue weighted by Gasteiger charge is 1.83. The van der Waals surface area contributed by atoms with Gasteiger partial charge in [0.2, 0.25) is 0 Å². The molecule has 0 unspecified atom stereocenters. The van der Waals surface area contributed by atoms with E-state index in [0.29, 0.717) is 0 Å². The smallest absolute Gasteiger partial charge is 0.152 e. The van der Waals surface area contributed by atoms with Crippen LogP contribution in [0.5, 0.6) is 0 Å². The molecule has 0 aliphatic carbocycles. The highest BCUT2D eigenvalue weighted by molar-refractivity contribution is 5.87. The maximum atomic E-state index is 10.5. The second-order valence-electron chi connectivity index (χ2n) is 3.56. The van der Waals surface area contributed by atoms with E-state index in [2.05, 4.69) is 19.1 Å². The standard InChI is InChI=1S/C13H22O/c1-3-4-5-6-7-8-9-10-11-12-13(2)14/h7-8,11-12H,3-6,9-10H2,1-2H3. The van der Waals surface area contributed by atoms with E-state index in [1.165, 1.54) is 25.7 Å².